The summed E-state index contributed by atoms with van der Waals surface area (Å²) in [6, 6.07) is 82.1. The molecule has 5 heterocycles. The van der Waals surface area contributed by atoms with Crippen LogP contribution < -0.4 is 5.46 Å². The number of rotatable bonds is 4. The van der Waals surface area contributed by atoms with Crippen LogP contribution >= 0.6 is 35.1 Å². The second kappa shape index (κ2) is 23.1. The Kier molecular flexibility index (Phi) is 15.5. The van der Waals surface area contributed by atoms with Crippen LogP contribution in [0.4, 0.5) is 0 Å². The third kappa shape index (κ3) is 10.1. The molecule has 0 radical (unpaired) electrons. The summed E-state index contributed by atoms with van der Waals surface area (Å²) < 4.78 is 36.9. The molecule has 3 fully saturated rings. The Morgan fingerprint density at radius 1 is 0.312 bits per heavy atom. The maximum absolute atomic E-state index is 9.37. The van der Waals surface area contributed by atoms with E-state index in [2.05, 4.69) is 204 Å². The molecule has 96 heavy (non-hydrogen) atoms. The van der Waals surface area contributed by atoms with Gasteiger partial charge in [-0.25, -0.2) is 0 Å². The van der Waals surface area contributed by atoms with Crippen molar-refractivity contribution in [2.24, 2.45) is 0 Å². The fourth-order valence-corrected chi connectivity index (χ4v) is 17.3. The summed E-state index contributed by atoms with van der Waals surface area (Å²) in [5.74, 6) is 0. The predicted molar refractivity (Wildman–Crippen MR) is 389 cm³/mol. The quantitative estimate of drug-likeness (QED) is 0.158. The van der Waals surface area contributed by atoms with Crippen molar-refractivity contribution in [2.75, 3.05) is 0 Å². The maximum Gasteiger partial charge on any atom is 0.494 e. The first-order valence-corrected chi connectivity index (χ1v) is 34.9. The summed E-state index contributed by atoms with van der Waals surface area (Å²) in [5, 5.41) is 19.4. The van der Waals surface area contributed by atoms with E-state index in [4.69, 9.17) is 39.5 Å². The zero-order chi connectivity index (χ0) is 67.1. The van der Waals surface area contributed by atoms with Gasteiger partial charge in [0, 0.05) is 24.6 Å². The van der Waals surface area contributed by atoms with E-state index in [0.717, 1.165) is 32.7 Å². The fraction of sp³-hybridized carbons (Fsp3) is 0.244. The minimum atomic E-state index is -0.509. The van der Waals surface area contributed by atoms with Crippen LogP contribution in [0.25, 0.3) is 44.5 Å². The van der Waals surface area contributed by atoms with Gasteiger partial charge in [-0.05, 0) is 250 Å². The molecular formula is C82H72B3ClN2O6S2. The highest BCUT2D eigenvalue weighted by atomic mass is 35.5. The van der Waals surface area contributed by atoms with Crippen molar-refractivity contribution >= 4 is 61.7 Å². The Balaban J connectivity index is 0.000000128. The standard InChI is InChI=1S/C38H30BNO2S.C32H18ClNS.C12H24B2O4/c1-36(2)37(3,4)42-39(41-36)27-18-20-29-28-19-17-26(25-15-13-24(23-40)14-16-25)21-32(28)38(33(29)22-27)30-9-5-7-11-34(30)43-35-12-8-6-10-31(35)38;33-23-14-16-25-24-15-13-22(21-11-9-20(19-34)10-12-21)17-28(24)32(29(25)18-23)26-5-1-3-7-30(26)35-31-8-4-2-6-27(31)32;1-9(2)10(3,4)16-13(15-9)14-17-11(5,6)12(7,8)18-14/h5-22H,1-4H3;1-18H;1-8H3. The minimum absolute atomic E-state index is 0.360. The normalized spacial score (nSPS) is 19.1. The van der Waals surface area contributed by atoms with Crippen molar-refractivity contribution in [3.8, 4) is 56.6 Å². The highest BCUT2D eigenvalue weighted by Gasteiger charge is 2.64. The van der Waals surface area contributed by atoms with Crippen molar-refractivity contribution in [1.29, 1.82) is 10.5 Å². The number of benzene rings is 10. The number of hydrogen-bond donors (Lipinski definition) is 0. The van der Waals surface area contributed by atoms with E-state index in [9.17, 15) is 10.5 Å². The van der Waals surface area contributed by atoms with Crippen molar-refractivity contribution in [2.45, 2.75) is 147 Å². The lowest BCUT2D eigenvalue weighted by Gasteiger charge is -2.40. The van der Waals surface area contributed by atoms with Gasteiger partial charge >= 0.3 is 21.1 Å². The molecule has 0 N–H and O–H groups in total. The van der Waals surface area contributed by atoms with Gasteiger partial charge in [-0.1, -0.05) is 181 Å². The fourth-order valence-electron chi connectivity index (χ4n) is 14.7. The SMILES string of the molecule is CC1(C)OB(B2OC(C)(C)C(C)(C)O2)OC1(C)C.CC1(C)OB(c2ccc3c(c2)C2(c4ccccc4Sc4ccccc42)c2cc(-c4ccc(C#N)cc4)ccc2-3)OC1(C)C.N#Cc1ccc(-c2ccc3c(c2)C2(c4ccccc4Sc4ccccc42)c2cc(Cl)ccc2-3)cc1. The molecule has 0 saturated carbocycles. The predicted octanol–water partition coefficient (Wildman–Crippen LogP) is 19.3. The molecule has 5 aliphatic heterocycles. The van der Waals surface area contributed by atoms with Crippen molar-refractivity contribution in [3.63, 3.8) is 0 Å². The van der Waals surface area contributed by atoms with Gasteiger partial charge < -0.3 is 27.9 Å². The second-order valence-electron chi connectivity index (χ2n) is 28.9. The molecule has 2 spiro atoms. The summed E-state index contributed by atoms with van der Waals surface area (Å²) in [4.78, 5) is 5.08. The van der Waals surface area contributed by atoms with E-state index >= 15 is 0 Å². The van der Waals surface area contributed by atoms with Gasteiger partial charge in [-0.15, -0.1) is 0 Å². The third-order valence-corrected chi connectivity index (χ3v) is 24.4. The molecule has 14 heteroatoms. The highest BCUT2D eigenvalue weighted by Crippen LogP contribution is 2.65. The molecule has 10 aromatic rings. The highest BCUT2D eigenvalue weighted by molar-refractivity contribution is 7.99. The van der Waals surface area contributed by atoms with Gasteiger partial charge in [-0.2, -0.15) is 10.5 Å². The van der Waals surface area contributed by atoms with Crippen LogP contribution in [0, 0.1) is 22.7 Å². The third-order valence-electron chi connectivity index (χ3n) is 21.9. The van der Waals surface area contributed by atoms with Gasteiger partial charge in [0.2, 0.25) is 0 Å². The zero-order valence-corrected chi connectivity index (χ0v) is 58.4. The van der Waals surface area contributed by atoms with Gasteiger partial charge in [0.1, 0.15) is 0 Å². The molecule has 17 rings (SSSR count). The van der Waals surface area contributed by atoms with E-state index in [1.165, 1.54) is 86.3 Å². The van der Waals surface area contributed by atoms with Crippen LogP contribution in [0.1, 0.15) is 139 Å². The number of fused-ring (bicyclic) bond motifs is 18. The Morgan fingerprint density at radius 3 is 0.958 bits per heavy atom. The van der Waals surface area contributed by atoms with Crippen LogP contribution in [0.2, 0.25) is 5.02 Å². The lowest BCUT2D eigenvalue weighted by Crippen LogP contribution is -2.41. The summed E-state index contributed by atoms with van der Waals surface area (Å²) >= 11 is 10.3. The number of hydrogen-bond acceptors (Lipinski definition) is 10. The zero-order valence-electron chi connectivity index (χ0n) is 56.1. The summed E-state index contributed by atoms with van der Waals surface area (Å²) in [7, 11) is -1.40. The smallest absolute Gasteiger partial charge is 0.405 e. The first-order chi connectivity index (χ1) is 45.8. The summed E-state index contributed by atoms with van der Waals surface area (Å²) in [6.45, 7) is 24.6. The minimum Gasteiger partial charge on any atom is -0.405 e. The van der Waals surface area contributed by atoms with Crippen LogP contribution in [0.15, 0.2) is 238 Å². The lowest BCUT2D eigenvalue weighted by atomic mass is 9.49. The Morgan fingerprint density at radius 2 is 0.604 bits per heavy atom. The number of nitriles is 2. The van der Waals surface area contributed by atoms with E-state index in [1.54, 1.807) is 0 Å². The van der Waals surface area contributed by atoms with Gasteiger partial charge in [0.15, 0.2) is 0 Å². The molecule has 2 aliphatic carbocycles. The van der Waals surface area contributed by atoms with Crippen LogP contribution in [0.3, 0.4) is 0 Å². The lowest BCUT2D eigenvalue weighted by molar-refractivity contribution is 0.00578. The average molecular weight is 1310 g/mol. The second-order valence-corrected chi connectivity index (χ2v) is 31.5. The molecule has 7 aliphatic rings. The van der Waals surface area contributed by atoms with Crippen molar-refractivity contribution in [3.05, 3.63) is 279 Å². The molecule has 0 bridgehead atoms. The van der Waals surface area contributed by atoms with Gasteiger partial charge in [0.25, 0.3) is 0 Å². The molecule has 0 amide bonds. The molecule has 0 aromatic heterocycles. The first kappa shape index (κ1) is 64.1. The Hall–Kier alpha value is -7.88. The summed E-state index contributed by atoms with van der Waals surface area (Å²) in [5.41, 5.74) is 18.7. The van der Waals surface area contributed by atoms with Gasteiger partial charge in [0.05, 0.1) is 67.7 Å². The van der Waals surface area contributed by atoms with E-state index in [0.29, 0.717) is 11.1 Å². The van der Waals surface area contributed by atoms with Crippen molar-refractivity contribution in [1.82, 2.24) is 0 Å². The largest absolute Gasteiger partial charge is 0.494 e. The van der Waals surface area contributed by atoms with E-state index in [-0.39, 0.29) is 22.4 Å². The molecule has 0 unspecified atom stereocenters. The molecule has 3 saturated heterocycles. The first-order valence-electron chi connectivity index (χ1n) is 32.9. The maximum atomic E-state index is 9.37. The summed E-state index contributed by atoms with van der Waals surface area (Å²) in [6.07, 6.45) is 0. The van der Waals surface area contributed by atoms with Crippen LogP contribution in [0.5, 0.6) is 0 Å². The number of halogens is 1. The van der Waals surface area contributed by atoms with E-state index < -0.39 is 43.2 Å². The molecule has 10 aromatic carbocycles. The Bertz CT molecular complexity index is 4730. The monoisotopic (exact) mass is 1310 g/mol. The van der Waals surface area contributed by atoms with Gasteiger partial charge in [-0.3, -0.25) is 0 Å². The van der Waals surface area contributed by atoms with E-state index in [1.807, 2.05) is 134 Å². The molecule has 8 nitrogen and oxygen atoms in total. The topological polar surface area (TPSA) is 103 Å². The number of nitrogens with zero attached hydrogens (tertiary/aromatic N) is 2. The van der Waals surface area contributed by atoms with Crippen LogP contribution in [-0.4, -0.2) is 54.7 Å². The van der Waals surface area contributed by atoms with Crippen molar-refractivity contribution < 1.29 is 27.9 Å². The molecular weight excluding hydrogens is 1240 g/mol. The molecule has 0 atom stereocenters. The Labute approximate surface area is 579 Å². The van der Waals surface area contributed by atoms with Crippen LogP contribution in [-0.2, 0) is 38.8 Å². The molecule has 474 valence electrons. The average Bonchev–Trinajstić information content (AvgIpc) is 1.74.